The number of nitrogens with one attached hydrogen (secondary N) is 2. The number of nitriles is 2. The average Bonchev–Trinajstić information content (AvgIpc) is 2.58. The highest BCUT2D eigenvalue weighted by Gasteiger charge is 2.65. The van der Waals surface area contributed by atoms with Gasteiger partial charge in [-0.3, -0.25) is 4.90 Å². The normalized spacial score (nSPS) is 43.1. The summed E-state index contributed by atoms with van der Waals surface area (Å²) in [5.41, 5.74) is -0.589. The Morgan fingerprint density at radius 3 is 1.91 bits per heavy atom. The van der Waals surface area contributed by atoms with E-state index in [9.17, 15) is 10.5 Å². The Hall–Kier alpha value is -1.10. The summed E-state index contributed by atoms with van der Waals surface area (Å²) in [6, 6.07) is 5.58. The first-order valence-electron chi connectivity index (χ1n) is 9.57. The zero-order valence-electron chi connectivity index (χ0n) is 14.8. The number of piperidine rings is 1. The number of nitrogens with zero attached hydrogens (tertiary/aromatic N) is 2. The molecular formula is C19H32N4+2. The molecule has 4 heteroatoms. The zero-order valence-corrected chi connectivity index (χ0v) is 14.8. The van der Waals surface area contributed by atoms with Crippen LogP contribution in [-0.4, -0.2) is 38.3 Å². The molecule has 1 aliphatic heterocycles. The largest absolute Gasteiger partial charge is 0.335 e. The van der Waals surface area contributed by atoms with Crippen molar-refractivity contribution in [2.24, 2.45) is 11.8 Å². The molecule has 2 saturated carbocycles. The summed E-state index contributed by atoms with van der Waals surface area (Å²) in [6.45, 7) is 2.01. The van der Waals surface area contributed by atoms with E-state index in [-0.39, 0.29) is 11.1 Å². The van der Waals surface area contributed by atoms with Gasteiger partial charge in [0.2, 0.25) is 0 Å². The predicted molar refractivity (Wildman–Crippen MR) is 88.7 cm³/mol. The van der Waals surface area contributed by atoms with E-state index in [2.05, 4.69) is 26.2 Å². The van der Waals surface area contributed by atoms with Crippen molar-refractivity contribution in [3.63, 3.8) is 0 Å². The highest BCUT2D eigenvalue weighted by Crippen LogP contribution is 2.46. The molecule has 1 saturated heterocycles. The number of fused-ring (bicyclic) bond motifs is 2. The summed E-state index contributed by atoms with van der Waals surface area (Å²) in [6.07, 6.45) is 10.4. The van der Waals surface area contributed by atoms with Gasteiger partial charge >= 0.3 is 0 Å². The number of likely N-dealkylation sites (N-methyl/N-ethyl adjacent to an activating group) is 1. The van der Waals surface area contributed by atoms with Crippen LogP contribution in [0.4, 0.5) is 0 Å². The van der Waals surface area contributed by atoms with E-state index in [0.29, 0.717) is 11.8 Å². The van der Waals surface area contributed by atoms with Gasteiger partial charge in [-0.15, -0.1) is 0 Å². The molecule has 3 aliphatic rings. The molecule has 0 amide bonds. The Balaban J connectivity index is 2.02. The standard InChI is InChI=1S/C19H30N4/c1-22(2)11-12-23-18(14-20)9-5-3-7-16(18)13-17-8-4-6-10-19(17,23)15-21/h16-17H,3-13H2,1-2H3/p+2/t16-,17-,18+,19+/m1/s1. The van der Waals surface area contributed by atoms with Crippen LogP contribution in [0.2, 0.25) is 0 Å². The van der Waals surface area contributed by atoms with E-state index < -0.39 is 0 Å². The van der Waals surface area contributed by atoms with Crippen molar-refractivity contribution in [2.45, 2.75) is 68.9 Å². The van der Waals surface area contributed by atoms with Gasteiger partial charge in [0.15, 0.2) is 11.1 Å². The number of quaternary nitrogens is 2. The van der Waals surface area contributed by atoms with Gasteiger partial charge in [-0.2, -0.15) is 10.5 Å². The van der Waals surface area contributed by atoms with Gasteiger partial charge in [0, 0.05) is 24.7 Å². The molecule has 3 fully saturated rings. The van der Waals surface area contributed by atoms with Gasteiger partial charge in [0.1, 0.15) is 25.2 Å². The molecule has 0 aromatic carbocycles. The van der Waals surface area contributed by atoms with E-state index >= 15 is 0 Å². The number of rotatable bonds is 3. The Morgan fingerprint density at radius 1 is 0.957 bits per heavy atom. The van der Waals surface area contributed by atoms with Crippen LogP contribution in [0.5, 0.6) is 0 Å². The third-order valence-electron chi connectivity index (χ3n) is 7.06. The smallest absolute Gasteiger partial charge is 0.188 e. The van der Waals surface area contributed by atoms with E-state index in [0.717, 1.165) is 45.2 Å². The maximum atomic E-state index is 10.2. The first-order chi connectivity index (χ1) is 11.1. The summed E-state index contributed by atoms with van der Waals surface area (Å²) in [4.78, 5) is 2.78. The molecule has 126 valence electrons. The fourth-order valence-electron chi connectivity index (χ4n) is 5.91. The minimum Gasteiger partial charge on any atom is -0.335 e. The van der Waals surface area contributed by atoms with Crippen molar-refractivity contribution in [1.29, 1.82) is 10.5 Å². The van der Waals surface area contributed by atoms with Crippen LogP contribution in [0, 0.1) is 34.5 Å². The predicted octanol–water partition coefficient (Wildman–Crippen LogP) is 0.325. The van der Waals surface area contributed by atoms with Gasteiger partial charge in [0.25, 0.3) is 0 Å². The summed E-state index contributed by atoms with van der Waals surface area (Å²) in [5, 5.41) is 20.5. The molecule has 23 heavy (non-hydrogen) atoms. The molecule has 2 aliphatic carbocycles. The lowest BCUT2D eigenvalue weighted by molar-refractivity contribution is -1.02. The Labute approximate surface area is 141 Å². The van der Waals surface area contributed by atoms with Crippen molar-refractivity contribution in [3.8, 4) is 12.1 Å². The molecule has 3 rings (SSSR count). The summed E-state index contributed by atoms with van der Waals surface area (Å²) in [7, 11) is 4.36. The summed E-state index contributed by atoms with van der Waals surface area (Å²) < 4.78 is 0. The van der Waals surface area contributed by atoms with E-state index in [1.807, 2.05) is 0 Å². The molecule has 0 spiro atoms. The third-order valence-corrected chi connectivity index (χ3v) is 7.06. The van der Waals surface area contributed by atoms with Gasteiger partial charge < -0.3 is 4.90 Å². The fraction of sp³-hybridized carbons (Fsp3) is 0.895. The second kappa shape index (κ2) is 6.42. The highest BCUT2D eigenvalue weighted by molar-refractivity contribution is 5.17. The average molecular weight is 316 g/mol. The Bertz CT molecular complexity index is 476. The van der Waals surface area contributed by atoms with Gasteiger partial charge in [-0.05, 0) is 32.1 Å². The SMILES string of the molecule is C[NH+](C)CC[NH+]1[C@]2(C#N)CCCC[C@@H]2C[C@H]2CCCC[C@]21C#N. The molecule has 0 aromatic heterocycles. The maximum Gasteiger partial charge on any atom is 0.188 e. The van der Waals surface area contributed by atoms with Crippen molar-refractivity contribution in [3.05, 3.63) is 0 Å². The Morgan fingerprint density at radius 2 is 1.48 bits per heavy atom. The van der Waals surface area contributed by atoms with Crippen LogP contribution in [0.25, 0.3) is 0 Å². The van der Waals surface area contributed by atoms with E-state index in [4.69, 9.17) is 0 Å². The van der Waals surface area contributed by atoms with E-state index in [1.165, 1.54) is 35.5 Å². The maximum absolute atomic E-state index is 10.2. The lowest BCUT2D eigenvalue weighted by Gasteiger charge is -2.58. The van der Waals surface area contributed by atoms with E-state index in [1.54, 1.807) is 0 Å². The first kappa shape index (κ1) is 16.7. The fourth-order valence-corrected chi connectivity index (χ4v) is 5.91. The van der Waals surface area contributed by atoms with Crippen LogP contribution >= 0.6 is 0 Å². The van der Waals surface area contributed by atoms with Gasteiger partial charge in [0.05, 0.1) is 14.1 Å². The Kier molecular flexibility index (Phi) is 4.68. The first-order valence-corrected chi connectivity index (χ1v) is 9.57. The third kappa shape index (κ3) is 2.57. The second-order valence-corrected chi connectivity index (χ2v) is 8.47. The molecule has 4 atom stereocenters. The topological polar surface area (TPSA) is 56.5 Å². The number of hydrogen-bond donors (Lipinski definition) is 2. The summed E-state index contributed by atoms with van der Waals surface area (Å²) in [5.74, 6) is 1.02. The second-order valence-electron chi connectivity index (χ2n) is 8.47. The molecule has 0 aromatic rings. The molecule has 1 heterocycles. The monoisotopic (exact) mass is 316 g/mol. The molecule has 0 radical (unpaired) electrons. The van der Waals surface area contributed by atoms with Crippen LogP contribution < -0.4 is 9.80 Å². The quantitative estimate of drug-likeness (QED) is 0.788. The van der Waals surface area contributed by atoms with Crippen LogP contribution in [0.1, 0.15) is 57.8 Å². The van der Waals surface area contributed by atoms with Crippen molar-refractivity contribution in [2.75, 3.05) is 27.2 Å². The molecule has 0 unspecified atom stereocenters. The van der Waals surface area contributed by atoms with Gasteiger partial charge in [-0.25, -0.2) is 0 Å². The van der Waals surface area contributed by atoms with Crippen LogP contribution in [0.3, 0.4) is 0 Å². The molecule has 0 bridgehead atoms. The highest BCUT2D eigenvalue weighted by atomic mass is 15.3. The lowest BCUT2D eigenvalue weighted by Crippen LogP contribution is -3.31. The minimum absolute atomic E-state index is 0.294. The van der Waals surface area contributed by atoms with Crippen molar-refractivity contribution < 1.29 is 9.80 Å². The molecule has 2 N–H and O–H groups in total. The van der Waals surface area contributed by atoms with Crippen LogP contribution in [-0.2, 0) is 0 Å². The van der Waals surface area contributed by atoms with Crippen molar-refractivity contribution >= 4 is 0 Å². The minimum atomic E-state index is -0.294. The summed E-state index contributed by atoms with van der Waals surface area (Å²) >= 11 is 0. The van der Waals surface area contributed by atoms with Crippen molar-refractivity contribution in [1.82, 2.24) is 0 Å². The number of likely N-dealkylation sites (tertiary alicyclic amines) is 1. The van der Waals surface area contributed by atoms with Gasteiger partial charge in [-0.1, -0.05) is 12.8 Å². The lowest BCUT2D eigenvalue weighted by atomic mass is 9.57. The number of hydrogen-bond acceptors (Lipinski definition) is 2. The molecular weight excluding hydrogens is 284 g/mol. The van der Waals surface area contributed by atoms with Crippen LogP contribution in [0.15, 0.2) is 0 Å². The molecule has 4 nitrogen and oxygen atoms in total. The zero-order chi connectivity index (χ0) is 16.5.